The highest BCUT2D eigenvalue weighted by Gasteiger charge is 2.25. The van der Waals surface area contributed by atoms with Gasteiger partial charge in [-0.1, -0.05) is 41.5 Å². The first kappa shape index (κ1) is 21.1. The molecule has 0 saturated heterocycles. The van der Waals surface area contributed by atoms with E-state index in [0.717, 1.165) is 36.5 Å². The minimum atomic E-state index is -0.554. The molecule has 0 aliphatic carbocycles. The van der Waals surface area contributed by atoms with E-state index in [4.69, 9.17) is 10.2 Å². The van der Waals surface area contributed by atoms with Crippen molar-refractivity contribution in [1.82, 2.24) is 19.8 Å². The number of nitrogens with one attached hydrogen (secondary N) is 1. The molecule has 2 aromatic rings. The van der Waals surface area contributed by atoms with Crippen molar-refractivity contribution < 1.29 is 10.0 Å². The fraction of sp³-hybridized carbons (Fsp3) is 0.524. The molecule has 148 valence electrons. The van der Waals surface area contributed by atoms with E-state index in [2.05, 4.69) is 50.8 Å². The molecule has 27 heavy (non-hydrogen) atoms. The summed E-state index contributed by atoms with van der Waals surface area (Å²) in [5.74, 6) is 0.0539. The van der Waals surface area contributed by atoms with Gasteiger partial charge in [0.25, 0.3) is 5.91 Å². The fourth-order valence-electron chi connectivity index (χ4n) is 3.21. The Bertz CT molecular complexity index is 815. The van der Waals surface area contributed by atoms with Gasteiger partial charge in [-0.3, -0.25) is 14.9 Å². The van der Waals surface area contributed by atoms with E-state index in [0.29, 0.717) is 5.92 Å². The second-order valence-corrected chi connectivity index (χ2v) is 8.38. The number of nitrogens with zero attached hydrogens (tertiary/aromatic N) is 3. The zero-order chi connectivity index (χ0) is 20.2. The van der Waals surface area contributed by atoms with Crippen molar-refractivity contribution in [2.24, 2.45) is 5.92 Å². The monoisotopic (exact) mass is 372 g/mol. The Morgan fingerprint density at radius 3 is 2.67 bits per heavy atom. The predicted molar refractivity (Wildman–Crippen MR) is 109 cm³/mol. The van der Waals surface area contributed by atoms with Gasteiger partial charge in [-0.05, 0) is 36.2 Å². The van der Waals surface area contributed by atoms with Crippen LogP contribution < -0.4 is 5.48 Å². The van der Waals surface area contributed by atoms with Gasteiger partial charge in [-0.2, -0.15) is 0 Å². The lowest BCUT2D eigenvalue weighted by atomic mass is 9.90. The number of hydroxylamine groups is 1. The summed E-state index contributed by atoms with van der Waals surface area (Å²) in [6.07, 6.45) is 4.96. The lowest BCUT2D eigenvalue weighted by Crippen LogP contribution is -2.29. The third-order valence-corrected chi connectivity index (χ3v) is 4.44. The fourth-order valence-corrected chi connectivity index (χ4v) is 3.21. The summed E-state index contributed by atoms with van der Waals surface area (Å²) in [5.41, 5.74) is 5.56. The Kier molecular flexibility index (Phi) is 6.78. The number of amides is 1. The van der Waals surface area contributed by atoms with Crippen LogP contribution in [0.1, 0.15) is 58.5 Å². The largest absolute Gasteiger partial charge is 0.302 e. The van der Waals surface area contributed by atoms with Crippen LogP contribution >= 0.6 is 0 Å². The molecule has 0 spiro atoms. The van der Waals surface area contributed by atoms with Gasteiger partial charge in [0.05, 0.1) is 11.4 Å². The smallest absolute Gasteiger partial charge is 0.267 e. The molecule has 0 aliphatic heterocycles. The number of hydrogen-bond donors (Lipinski definition) is 2. The second kappa shape index (κ2) is 8.67. The van der Waals surface area contributed by atoms with Gasteiger partial charge in [-0.25, -0.2) is 10.5 Å². The van der Waals surface area contributed by atoms with Crippen LogP contribution in [0.25, 0.3) is 11.7 Å². The minimum absolute atomic E-state index is 0.0641. The van der Waals surface area contributed by atoms with Crippen molar-refractivity contribution in [2.45, 2.75) is 53.5 Å². The van der Waals surface area contributed by atoms with Crippen molar-refractivity contribution in [3.63, 3.8) is 0 Å². The van der Waals surface area contributed by atoms with Crippen LogP contribution in [0.5, 0.6) is 0 Å². The first-order chi connectivity index (χ1) is 12.7. The highest BCUT2D eigenvalue weighted by Crippen LogP contribution is 2.28. The Labute approximate surface area is 161 Å². The Morgan fingerprint density at radius 2 is 2.11 bits per heavy atom. The first-order valence-electron chi connectivity index (χ1n) is 9.51. The maximum atomic E-state index is 11.2. The Morgan fingerprint density at radius 1 is 1.41 bits per heavy atom. The molecule has 2 aromatic heterocycles. The molecule has 0 bridgehead atoms. The van der Waals surface area contributed by atoms with Crippen molar-refractivity contribution in [2.75, 3.05) is 13.1 Å². The number of imidazole rings is 1. The van der Waals surface area contributed by atoms with Crippen LogP contribution in [0.2, 0.25) is 0 Å². The Hall–Kier alpha value is -2.18. The van der Waals surface area contributed by atoms with E-state index in [1.807, 2.05) is 18.3 Å². The molecule has 0 radical (unpaired) electrons. The lowest BCUT2D eigenvalue weighted by Gasteiger charge is -2.25. The highest BCUT2D eigenvalue weighted by atomic mass is 16.5. The topological polar surface area (TPSA) is 69.9 Å². The van der Waals surface area contributed by atoms with Gasteiger partial charge in [0.1, 0.15) is 5.65 Å². The van der Waals surface area contributed by atoms with E-state index < -0.39 is 5.91 Å². The quantitative estimate of drug-likeness (QED) is 0.442. The summed E-state index contributed by atoms with van der Waals surface area (Å²) < 4.78 is 2.15. The predicted octanol–water partition coefficient (Wildman–Crippen LogP) is 3.63. The lowest BCUT2D eigenvalue weighted by molar-refractivity contribution is -0.124. The molecule has 6 nitrogen and oxygen atoms in total. The van der Waals surface area contributed by atoms with Gasteiger partial charge in [0, 0.05) is 30.8 Å². The van der Waals surface area contributed by atoms with Crippen LogP contribution in [0.4, 0.5) is 0 Å². The van der Waals surface area contributed by atoms with Crippen molar-refractivity contribution in [3.8, 4) is 0 Å². The molecule has 1 amide bonds. The molecule has 0 atom stereocenters. The molecular formula is C21H32N4O2. The van der Waals surface area contributed by atoms with Gasteiger partial charge < -0.3 is 4.40 Å². The normalized spacial score (nSPS) is 12.6. The van der Waals surface area contributed by atoms with Crippen LogP contribution in [-0.4, -0.2) is 38.5 Å². The van der Waals surface area contributed by atoms with Crippen LogP contribution in [0.15, 0.2) is 24.4 Å². The van der Waals surface area contributed by atoms with Gasteiger partial charge in [0.2, 0.25) is 0 Å². The second-order valence-electron chi connectivity index (χ2n) is 8.38. The first-order valence-corrected chi connectivity index (χ1v) is 9.51. The molecule has 0 unspecified atom stereocenters. The van der Waals surface area contributed by atoms with Gasteiger partial charge >= 0.3 is 0 Å². The summed E-state index contributed by atoms with van der Waals surface area (Å²) >= 11 is 0. The molecule has 0 saturated carbocycles. The van der Waals surface area contributed by atoms with Crippen LogP contribution in [0, 0.1) is 5.92 Å². The number of carbonyl (C=O) groups excluding carboxylic acids is 1. The molecule has 2 rings (SSSR count). The van der Waals surface area contributed by atoms with E-state index in [1.165, 1.54) is 11.8 Å². The standard InChI is InChI=1S/C21H32N4O2/c1-7-24(13-15(2)3)14-17-20(21(4,5)6)22-18-12-16(10-11-25(17)18)8-9-19(26)23-27/h8-12,15,27H,7,13-14H2,1-6H3,(H,23,26)/b9-8+. The number of pyridine rings is 1. The molecule has 0 fully saturated rings. The van der Waals surface area contributed by atoms with Crippen molar-refractivity contribution in [1.29, 1.82) is 0 Å². The van der Waals surface area contributed by atoms with Gasteiger partial charge in [-0.15, -0.1) is 0 Å². The van der Waals surface area contributed by atoms with E-state index in [-0.39, 0.29) is 5.41 Å². The molecule has 2 N–H and O–H groups in total. The summed E-state index contributed by atoms with van der Waals surface area (Å²) in [4.78, 5) is 18.6. The van der Waals surface area contributed by atoms with Gasteiger partial charge in [0.15, 0.2) is 0 Å². The molecule has 6 heteroatoms. The third kappa shape index (κ3) is 5.40. The van der Waals surface area contributed by atoms with Crippen LogP contribution in [-0.2, 0) is 16.8 Å². The molecular weight excluding hydrogens is 340 g/mol. The van der Waals surface area contributed by atoms with E-state index >= 15 is 0 Å². The molecule has 2 heterocycles. The SMILES string of the molecule is CCN(Cc1c(C(C)(C)C)nc2cc(/C=C/C(=O)NO)ccn12)CC(C)C. The maximum Gasteiger partial charge on any atom is 0.267 e. The van der Waals surface area contributed by atoms with Crippen LogP contribution in [0.3, 0.4) is 0 Å². The van der Waals surface area contributed by atoms with Crippen molar-refractivity contribution in [3.05, 3.63) is 41.4 Å². The molecule has 0 aromatic carbocycles. The summed E-state index contributed by atoms with van der Waals surface area (Å²) in [6, 6.07) is 3.91. The summed E-state index contributed by atoms with van der Waals surface area (Å²) in [7, 11) is 0. The zero-order valence-electron chi connectivity index (χ0n) is 17.3. The van der Waals surface area contributed by atoms with Crippen molar-refractivity contribution >= 4 is 17.6 Å². The third-order valence-electron chi connectivity index (χ3n) is 4.44. The zero-order valence-corrected chi connectivity index (χ0v) is 17.3. The summed E-state index contributed by atoms with van der Waals surface area (Å²) in [6.45, 7) is 16.1. The number of aromatic nitrogens is 2. The van der Waals surface area contributed by atoms with E-state index in [9.17, 15) is 4.79 Å². The Balaban J connectivity index is 2.47. The highest BCUT2D eigenvalue weighted by molar-refractivity contribution is 5.90. The minimum Gasteiger partial charge on any atom is -0.302 e. The average Bonchev–Trinajstić information content (AvgIpc) is 2.96. The number of fused-ring (bicyclic) bond motifs is 1. The number of rotatable bonds is 7. The number of hydrogen-bond acceptors (Lipinski definition) is 4. The number of carbonyl (C=O) groups is 1. The maximum absolute atomic E-state index is 11.2. The summed E-state index contributed by atoms with van der Waals surface area (Å²) in [5, 5.41) is 8.61. The molecule has 0 aliphatic rings. The van der Waals surface area contributed by atoms with E-state index in [1.54, 1.807) is 11.6 Å². The average molecular weight is 373 g/mol.